The maximum absolute atomic E-state index is 13.1. The van der Waals surface area contributed by atoms with Crippen LogP contribution in [0, 0.1) is 0 Å². The van der Waals surface area contributed by atoms with Crippen LogP contribution in [0.5, 0.6) is 0 Å². The van der Waals surface area contributed by atoms with Crippen LogP contribution in [-0.2, 0) is 28.9 Å². The number of hydrogen-bond acceptors (Lipinski definition) is 11. The van der Waals surface area contributed by atoms with Gasteiger partial charge in [0.15, 0.2) is 6.29 Å². The van der Waals surface area contributed by atoms with Gasteiger partial charge in [0.05, 0.1) is 25.4 Å². The van der Waals surface area contributed by atoms with E-state index in [2.05, 4.69) is 47.7 Å². The predicted octanol–water partition coefficient (Wildman–Crippen LogP) is 7.30. The zero-order chi connectivity index (χ0) is 42.9. The van der Waals surface area contributed by atoms with E-state index in [9.17, 15) is 38.7 Å². The first-order chi connectivity index (χ1) is 27.9. The lowest BCUT2D eigenvalue weighted by atomic mass is 9.99. The number of aliphatic hydroxyl groups excluding tert-OH is 5. The van der Waals surface area contributed by atoms with Crippen LogP contribution in [0.15, 0.2) is 36.5 Å². The Kier molecular flexibility index (Phi) is 32.7. The molecule has 1 saturated heterocycles. The van der Waals surface area contributed by atoms with Crippen LogP contribution < -0.4 is 5.32 Å². The van der Waals surface area contributed by atoms with Gasteiger partial charge in [0.2, 0.25) is 5.91 Å². The van der Waals surface area contributed by atoms with E-state index in [1.54, 1.807) is 6.08 Å². The van der Waals surface area contributed by atoms with Gasteiger partial charge in [-0.2, -0.15) is 8.42 Å². The Hall–Kier alpha value is -1.72. The van der Waals surface area contributed by atoms with Crippen molar-refractivity contribution in [3.8, 4) is 0 Å². The maximum atomic E-state index is 13.1. The highest BCUT2D eigenvalue weighted by Gasteiger charge is 2.48. The predicted molar refractivity (Wildman–Crippen MR) is 228 cm³/mol. The fourth-order valence-electron chi connectivity index (χ4n) is 6.88. The van der Waals surface area contributed by atoms with Crippen LogP contribution in [0.1, 0.15) is 174 Å². The Morgan fingerprint density at radius 3 is 1.66 bits per heavy atom. The third-order valence-corrected chi connectivity index (χ3v) is 11.0. The molecule has 0 aromatic carbocycles. The summed E-state index contributed by atoms with van der Waals surface area (Å²) >= 11 is 0. The number of aliphatic hydroxyl groups is 5. The van der Waals surface area contributed by atoms with Gasteiger partial charge >= 0.3 is 10.4 Å². The van der Waals surface area contributed by atoms with E-state index in [1.807, 2.05) is 0 Å². The Labute approximate surface area is 350 Å². The minimum absolute atomic E-state index is 0.222. The molecule has 1 rings (SSSR count). The van der Waals surface area contributed by atoms with Crippen molar-refractivity contribution in [3.05, 3.63) is 36.5 Å². The van der Waals surface area contributed by atoms with Crippen molar-refractivity contribution in [2.75, 3.05) is 13.2 Å². The van der Waals surface area contributed by atoms with Crippen molar-refractivity contribution in [1.82, 2.24) is 5.32 Å². The first-order valence-corrected chi connectivity index (χ1v) is 23.8. The first-order valence-electron chi connectivity index (χ1n) is 22.5. The zero-order valence-corrected chi connectivity index (χ0v) is 36.5. The molecule has 0 saturated carbocycles. The van der Waals surface area contributed by atoms with Gasteiger partial charge in [-0.05, 0) is 57.8 Å². The molecule has 0 spiro atoms. The number of unbranched alkanes of at least 4 members (excludes halogenated alkanes) is 20. The van der Waals surface area contributed by atoms with E-state index in [0.29, 0.717) is 12.8 Å². The molecule has 1 fully saturated rings. The first kappa shape index (κ1) is 54.3. The minimum atomic E-state index is -5.12. The van der Waals surface area contributed by atoms with Crippen molar-refractivity contribution in [2.24, 2.45) is 0 Å². The second kappa shape index (κ2) is 34.9. The molecule has 1 aliphatic heterocycles. The highest BCUT2D eigenvalue weighted by atomic mass is 32.3. The van der Waals surface area contributed by atoms with E-state index in [-0.39, 0.29) is 6.42 Å². The average molecular weight is 848 g/mol. The number of amides is 1. The molecule has 1 heterocycles. The molecular formula is C44H81NO12S. The van der Waals surface area contributed by atoms with Crippen LogP contribution in [0.3, 0.4) is 0 Å². The van der Waals surface area contributed by atoms with Gasteiger partial charge in [0.1, 0.15) is 30.5 Å². The number of carbonyl (C=O) groups excluding carboxylic acids is 1. The number of allylic oxidation sites excluding steroid dienone is 5. The van der Waals surface area contributed by atoms with Gasteiger partial charge in [0.25, 0.3) is 0 Å². The van der Waals surface area contributed by atoms with E-state index in [4.69, 9.17) is 14.0 Å². The Morgan fingerprint density at radius 2 is 1.16 bits per heavy atom. The summed E-state index contributed by atoms with van der Waals surface area (Å²) in [6.45, 7) is 3.16. The molecule has 14 heteroatoms. The zero-order valence-electron chi connectivity index (χ0n) is 35.7. The molecule has 7 N–H and O–H groups in total. The second-order valence-electron chi connectivity index (χ2n) is 15.8. The van der Waals surface area contributed by atoms with Crippen molar-refractivity contribution in [3.63, 3.8) is 0 Å². The summed E-state index contributed by atoms with van der Waals surface area (Å²) in [6, 6.07) is -1.14. The minimum Gasteiger partial charge on any atom is -0.394 e. The third-order valence-electron chi connectivity index (χ3n) is 10.5. The standard InChI is InChI=1S/C44H81NO12S/c1-3-5-7-9-11-13-15-17-18-19-20-21-23-25-27-29-31-33-38(48)43(51)45-36(37(47)32-30-28-26-24-22-16-14-12-10-8-6-4-2)35-55-44-41(50)42(57-58(52,53)54)40(49)39(34-46)56-44/h20-22,24,30,32,36-42,44,46-50H,3-19,23,25-29,31,33-35H2,1-2H3,(H,45,51)(H,52,53,54)/b21-20-,24-22+,32-30+. The van der Waals surface area contributed by atoms with E-state index >= 15 is 0 Å². The molecule has 0 aromatic rings. The van der Waals surface area contributed by atoms with Crippen LogP contribution in [-0.4, -0.2) is 107 Å². The molecule has 340 valence electrons. The molecule has 8 atom stereocenters. The summed E-state index contributed by atoms with van der Waals surface area (Å²) in [5, 5.41) is 55.0. The van der Waals surface area contributed by atoms with Crippen LogP contribution in [0.4, 0.5) is 0 Å². The Bertz CT molecular complexity index is 1200. The van der Waals surface area contributed by atoms with Crippen LogP contribution in [0.2, 0.25) is 0 Å². The van der Waals surface area contributed by atoms with E-state index < -0.39 is 78.5 Å². The Balaban J connectivity index is 2.62. The SMILES string of the molecule is CCCCCCCC/C=C/CC/C=C/C(O)C(COC1OC(CO)C(O)C(OS(=O)(=O)O)C1O)NC(=O)C(O)CCCCCC/C=C\CCCCCCCCCCC. The quantitative estimate of drug-likeness (QED) is 0.0187. The number of carbonyl (C=O) groups is 1. The van der Waals surface area contributed by atoms with Gasteiger partial charge in [-0.15, -0.1) is 0 Å². The van der Waals surface area contributed by atoms with Crippen molar-refractivity contribution < 1.29 is 57.0 Å². The lowest BCUT2D eigenvalue weighted by Crippen LogP contribution is -2.61. The highest BCUT2D eigenvalue weighted by molar-refractivity contribution is 7.80. The summed E-state index contributed by atoms with van der Waals surface area (Å²) in [5.74, 6) is -0.723. The summed E-state index contributed by atoms with van der Waals surface area (Å²) in [6.07, 6.45) is 28.1. The lowest BCUT2D eigenvalue weighted by Gasteiger charge is -2.41. The molecule has 1 amide bonds. The van der Waals surface area contributed by atoms with Gasteiger partial charge in [0, 0.05) is 0 Å². The number of hydrogen-bond donors (Lipinski definition) is 7. The summed E-state index contributed by atoms with van der Waals surface area (Å²) in [7, 11) is -5.12. The topological polar surface area (TPSA) is 212 Å². The number of nitrogens with one attached hydrogen (secondary N) is 1. The number of ether oxygens (including phenoxy) is 2. The van der Waals surface area contributed by atoms with E-state index in [0.717, 1.165) is 51.4 Å². The van der Waals surface area contributed by atoms with Gasteiger partial charge < -0.3 is 40.3 Å². The third kappa shape index (κ3) is 27.2. The molecule has 0 aliphatic carbocycles. The van der Waals surface area contributed by atoms with Crippen LogP contribution in [0.25, 0.3) is 0 Å². The van der Waals surface area contributed by atoms with Gasteiger partial charge in [-0.3, -0.25) is 9.35 Å². The van der Waals surface area contributed by atoms with Crippen molar-refractivity contribution in [1.29, 1.82) is 0 Å². The van der Waals surface area contributed by atoms with Gasteiger partial charge in [-0.25, -0.2) is 4.18 Å². The second-order valence-corrected chi connectivity index (χ2v) is 16.8. The maximum Gasteiger partial charge on any atom is 0.397 e. The molecule has 0 aromatic heterocycles. The van der Waals surface area contributed by atoms with Crippen molar-refractivity contribution >= 4 is 16.3 Å². The fraction of sp³-hybridized carbons (Fsp3) is 0.841. The number of rotatable bonds is 37. The fourth-order valence-corrected chi connectivity index (χ4v) is 7.39. The summed E-state index contributed by atoms with van der Waals surface area (Å²) < 4.78 is 47.4. The summed E-state index contributed by atoms with van der Waals surface area (Å²) in [4.78, 5) is 13.1. The molecule has 0 radical (unpaired) electrons. The highest BCUT2D eigenvalue weighted by Crippen LogP contribution is 2.26. The molecule has 8 unspecified atom stereocenters. The monoisotopic (exact) mass is 848 g/mol. The largest absolute Gasteiger partial charge is 0.397 e. The molecule has 1 aliphatic rings. The molecule has 13 nitrogen and oxygen atoms in total. The lowest BCUT2D eigenvalue weighted by molar-refractivity contribution is -0.298. The normalized spacial score (nSPS) is 22.0. The molecular weight excluding hydrogens is 767 g/mol. The van der Waals surface area contributed by atoms with Crippen LogP contribution >= 0.6 is 0 Å². The summed E-state index contributed by atoms with van der Waals surface area (Å²) in [5.41, 5.74) is 0. The van der Waals surface area contributed by atoms with E-state index in [1.165, 1.54) is 96.0 Å². The Morgan fingerprint density at radius 1 is 0.690 bits per heavy atom. The van der Waals surface area contributed by atoms with Crippen molar-refractivity contribution in [2.45, 2.75) is 223 Å². The molecule has 0 bridgehead atoms. The van der Waals surface area contributed by atoms with Gasteiger partial charge in [-0.1, -0.05) is 153 Å². The average Bonchev–Trinajstić information content (AvgIpc) is 3.19. The molecule has 58 heavy (non-hydrogen) atoms. The smallest absolute Gasteiger partial charge is 0.394 e.